The van der Waals surface area contributed by atoms with Crippen LogP contribution >= 0.6 is 11.3 Å². The van der Waals surface area contributed by atoms with Crippen LogP contribution in [0.3, 0.4) is 0 Å². The van der Waals surface area contributed by atoms with Gasteiger partial charge in [0.1, 0.15) is 11.6 Å². The maximum absolute atomic E-state index is 13.3. The van der Waals surface area contributed by atoms with Crippen molar-refractivity contribution in [3.8, 4) is 11.3 Å². The van der Waals surface area contributed by atoms with E-state index in [0.717, 1.165) is 17.0 Å². The zero-order chi connectivity index (χ0) is 17.1. The zero-order valence-electron chi connectivity index (χ0n) is 13.3. The third kappa shape index (κ3) is 3.68. The first kappa shape index (κ1) is 16.3. The van der Waals surface area contributed by atoms with Gasteiger partial charge >= 0.3 is 0 Å². The van der Waals surface area contributed by atoms with Gasteiger partial charge in [-0.2, -0.15) is 0 Å². The summed E-state index contributed by atoms with van der Waals surface area (Å²) in [5, 5.41) is 8.93. The van der Waals surface area contributed by atoms with Gasteiger partial charge in [0.15, 0.2) is 5.13 Å². The van der Waals surface area contributed by atoms with Crippen LogP contribution in [0.4, 0.5) is 9.52 Å². The van der Waals surface area contributed by atoms with E-state index in [1.54, 1.807) is 17.5 Å². The summed E-state index contributed by atoms with van der Waals surface area (Å²) in [7, 11) is 0. The Hall–Kier alpha value is -2.54. The topological polar surface area (TPSA) is 68.0 Å². The molecule has 0 saturated carbocycles. The number of halogens is 1. The van der Waals surface area contributed by atoms with Gasteiger partial charge in [-0.25, -0.2) is 9.37 Å². The monoisotopic (exact) mass is 345 g/mol. The van der Waals surface area contributed by atoms with Crippen molar-refractivity contribution in [1.82, 2.24) is 10.1 Å². The van der Waals surface area contributed by atoms with E-state index in [2.05, 4.69) is 15.5 Å². The minimum Gasteiger partial charge on any atom is -0.361 e. The average molecular weight is 345 g/mol. The van der Waals surface area contributed by atoms with Crippen molar-refractivity contribution in [3.63, 3.8) is 0 Å². The fourth-order valence-corrected chi connectivity index (χ4v) is 3.13. The zero-order valence-corrected chi connectivity index (χ0v) is 14.1. The van der Waals surface area contributed by atoms with Gasteiger partial charge in [-0.1, -0.05) is 17.3 Å². The molecule has 2 heterocycles. The second-order valence-corrected chi connectivity index (χ2v) is 6.26. The molecular weight excluding hydrogens is 329 g/mol. The molecule has 1 amide bonds. The molecule has 0 atom stereocenters. The number of thiazole rings is 1. The molecule has 0 unspecified atom stereocenters. The van der Waals surface area contributed by atoms with Crippen LogP contribution in [0.1, 0.15) is 23.4 Å². The minimum absolute atomic E-state index is 0.129. The van der Waals surface area contributed by atoms with Crippen molar-refractivity contribution in [1.29, 1.82) is 0 Å². The number of hydrogen-bond donors (Lipinski definition) is 1. The number of nitrogens with one attached hydrogen (secondary N) is 1. The maximum atomic E-state index is 13.3. The number of nitrogens with zero attached hydrogens (tertiary/aromatic N) is 2. The molecule has 5 nitrogen and oxygen atoms in total. The highest BCUT2D eigenvalue weighted by Crippen LogP contribution is 2.25. The second-order valence-electron chi connectivity index (χ2n) is 5.40. The summed E-state index contributed by atoms with van der Waals surface area (Å²) >= 11 is 1.31. The van der Waals surface area contributed by atoms with Gasteiger partial charge in [-0.05, 0) is 32.4 Å². The van der Waals surface area contributed by atoms with E-state index in [1.807, 2.05) is 13.8 Å². The van der Waals surface area contributed by atoms with Gasteiger partial charge in [-0.3, -0.25) is 4.79 Å². The third-order valence-corrected chi connectivity index (χ3v) is 4.41. The number of hydrogen-bond acceptors (Lipinski definition) is 5. The quantitative estimate of drug-likeness (QED) is 0.755. The highest BCUT2D eigenvalue weighted by atomic mass is 32.1. The lowest BCUT2D eigenvalue weighted by Gasteiger charge is -2.02. The molecule has 0 spiro atoms. The highest BCUT2D eigenvalue weighted by molar-refractivity contribution is 7.14. The fraction of sp³-hybridized carbons (Fsp3) is 0.235. The number of amides is 1. The van der Waals surface area contributed by atoms with Crippen LogP contribution in [-0.2, 0) is 11.2 Å². The smallest absolute Gasteiger partial charge is 0.226 e. The molecule has 1 N–H and O–H groups in total. The first-order valence-corrected chi connectivity index (χ1v) is 8.34. The van der Waals surface area contributed by atoms with Crippen molar-refractivity contribution in [2.75, 3.05) is 5.32 Å². The summed E-state index contributed by atoms with van der Waals surface area (Å²) in [6, 6.07) is 6.21. The van der Waals surface area contributed by atoms with Gasteiger partial charge in [0.2, 0.25) is 5.91 Å². The van der Waals surface area contributed by atoms with Crippen LogP contribution in [0.5, 0.6) is 0 Å². The van der Waals surface area contributed by atoms with Gasteiger partial charge in [0.05, 0.1) is 11.4 Å². The Labute approximate surface area is 142 Å². The van der Waals surface area contributed by atoms with E-state index >= 15 is 0 Å². The van der Waals surface area contributed by atoms with Crippen LogP contribution in [0.2, 0.25) is 0 Å². The molecule has 7 heteroatoms. The lowest BCUT2D eigenvalue weighted by molar-refractivity contribution is -0.116. The molecule has 0 aliphatic heterocycles. The molecule has 0 saturated heterocycles. The number of aryl methyl sites for hydroxylation is 2. The first-order valence-electron chi connectivity index (χ1n) is 7.46. The van der Waals surface area contributed by atoms with E-state index in [1.165, 1.54) is 23.5 Å². The van der Waals surface area contributed by atoms with Crippen molar-refractivity contribution in [2.45, 2.75) is 26.7 Å². The highest BCUT2D eigenvalue weighted by Gasteiger charge is 2.13. The molecule has 2 aromatic heterocycles. The van der Waals surface area contributed by atoms with E-state index < -0.39 is 0 Å². The Morgan fingerprint density at radius 1 is 1.38 bits per heavy atom. The predicted octanol–water partition coefficient (Wildman–Crippen LogP) is 4.13. The Kier molecular flexibility index (Phi) is 4.71. The summed E-state index contributed by atoms with van der Waals surface area (Å²) in [6.07, 6.45) is 0.882. The normalized spacial score (nSPS) is 10.8. The van der Waals surface area contributed by atoms with E-state index in [4.69, 9.17) is 4.52 Å². The molecule has 24 heavy (non-hydrogen) atoms. The Bertz CT molecular complexity index is 853. The van der Waals surface area contributed by atoms with Gasteiger partial charge in [0, 0.05) is 22.9 Å². The molecule has 0 radical (unpaired) electrons. The van der Waals surface area contributed by atoms with Crippen molar-refractivity contribution in [3.05, 3.63) is 52.5 Å². The summed E-state index contributed by atoms with van der Waals surface area (Å²) in [5.74, 6) is 0.295. The van der Waals surface area contributed by atoms with E-state index in [0.29, 0.717) is 29.2 Å². The van der Waals surface area contributed by atoms with Crippen LogP contribution in [-0.4, -0.2) is 16.0 Å². The number of benzene rings is 1. The van der Waals surface area contributed by atoms with Gasteiger partial charge in [0.25, 0.3) is 0 Å². The fourth-order valence-electron chi connectivity index (χ4n) is 2.39. The molecule has 0 aliphatic carbocycles. The average Bonchev–Trinajstić information content (AvgIpc) is 3.13. The number of aromatic nitrogens is 2. The molecule has 3 aromatic rings. The Morgan fingerprint density at radius 3 is 2.92 bits per heavy atom. The van der Waals surface area contributed by atoms with Gasteiger partial charge in [-0.15, -0.1) is 11.3 Å². The third-order valence-electron chi connectivity index (χ3n) is 3.65. The SMILES string of the molecule is Cc1noc(C)c1CCC(=O)Nc1nc(-c2cccc(F)c2)cs1. The standard InChI is InChI=1S/C17H16FN3O2S/c1-10-14(11(2)23-21-10)6-7-16(22)20-17-19-15(9-24-17)12-4-3-5-13(18)8-12/h3-5,8-9H,6-7H2,1-2H3,(H,19,20,22). The molecule has 0 fully saturated rings. The first-order chi connectivity index (χ1) is 11.5. The maximum Gasteiger partial charge on any atom is 0.226 e. The molecule has 1 aromatic carbocycles. The summed E-state index contributed by atoms with van der Waals surface area (Å²) < 4.78 is 18.3. The molecule has 0 aliphatic rings. The van der Waals surface area contributed by atoms with Crippen molar-refractivity contribution >= 4 is 22.4 Å². The summed E-state index contributed by atoms with van der Waals surface area (Å²) in [6.45, 7) is 3.69. The summed E-state index contributed by atoms with van der Waals surface area (Å²) in [4.78, 5) is 16.4. The second kappa shape index (κ2) is 6.92. The van der Waals surface area contributed by atoms with E-state index in [-0.39, 0.29) is 11.7 Å². The lowest BCUT2D eigenvalue weighted by atomic mass is 10.1. The molecule has 124 valence electrons. The molecule has 0 bridgehead atoms. The number of rotatable bonds is 5. The van der Waals surface area contributed by atoms with Gasteiger partial charge < -0.3 is 9.84 Å². The van der Waals surface area contributed by atoms with Crippen LogP contribution in [0.15, 0.2) is 34.2 Å². The van der Waals surface area contributed by atoms with Crippen molar-refractivity contribution < 1.29 is 13.7 Å². The summed E-state index contributed by atoms with van der Waals surface area (Å²) in [5.41, 5.74) is 3.09. The van der Waals surface area contributed by atoms with Crippen molar-refractivity contribution in [2.24, 2.45) is 0 Å². The molecular formula is C17H16FN3O2S. The van der Waals surface area contributed by atoms with E-state index in [9.17, 15) is 9.18 Å². The Morgan fingerprint density at radius 2 is 2.21 bits per heavy atom. The largest absolute Gasteiger partial charge is 0.361 e. The number of anilines is 1. The van der Waals surface area contributed by atoms with Crippen LogP contribution < -0.4 is 5.32 Å². The lowest BCUT2D eigenvalue weighted by Crippen LogP contribution is -2.12. The Balaban J connectivity index is 1.61. The number of carbonyl (C=O) groups is 1. The predicted molar refractivity (Wildman–Crippen MR) is 90.4 cm³/mol. The van der Waals surface area contributed by atoms with Crippen LogP contribution in [0, 0.1) is 19.7 Å². The number of carbonyl (C=O) groups excluding carboxylic acids is 1. The van der Waals surface area contributed by atoms with Crippen LogP contribution in [0.25, 0.3) is 11.3 Å². The minimum atomic E-state index is -0.314. The molecule has 3 rings (SSSR count).